The summed E-state index contributed by atoms with van der Waals surface area (Å²) in [5, 5.41) is 17.8. The maximum absolute atomic E-state index is 13.1. The largest absolute Gasteiger partial charge is 0.444 e. The Kier molecular flexibility index (Phi) is 6.95. The summed E-state index contributed by atoms with van der Waals surface area (Å²) in [5.41, 5.74) is -2.02. The molecular weight excluding hydrogens is 415 g/mol. The standard InChI is InChI=1S/C20H22F3N5O3/c1-12(10-28-11-15(9-25-28)27-18(30)31-19(2,3)4)17(29)26-14-6-5-13(8-24)16(7-14)20(21,22)23/h5-7,9,11-12H,10H2,1-4H3,(H,26,29)(H,27,30)/t12-/m1/s1. The molecule has 1 aromatic carbocycles. The molecule has 166 valence electrons. The summed E-state index contributed by atoms with van der Waals surface area (Å²) in [6.07, 6.45) is -2.49. The van der Waals surface area contributed by atoms with Gasteiger partial charge in [-0.15, -0.1) is 0 Å². The van der Waals surface area contributed by atoms with E-state index in [1.807, 2.05) is 0 Å². The molecular formula is C20H22F3N5O3. The lowest BCUT2D eigenvalue weighted by Crippen LogP contribution is -2.27. The second-order valence-corrected chi connectivity index (χ2v) is 7.84. The molecule has 0 saturated carbocycles. The van der Waals surface area contributed by atoms with Crippen LogP contribution in [0.2, 0.25) is 0 Å². The van der Waals surface area contributed by atoms with Crippen LogP contribution >= 0.6 is 0 Å². The third kappa shape index (κ3) is 7.02. The third-order valence-electron chi connectivity index (χ3n) is 3.90. The first kappa shape index (κ1) is 23.7. The van der Waals surface area contributed by atoms with Crippen LogP contribution in [-0.4, -0.2) is 27.4 Å². The number of amides is 2. The van der Waals surface area contributed by atoms with Gasteiger partial charge in [0.1, 0.15) is 5.60 Å². The predicted molar refractivity (Wildman–Crippen MR) is 106 cm³/mol. The zero-order valence-corrected chi connectivity index (χ0v) is 17.4. The van der Waals surface area contributed by atoms with Crippen LogP contribution in [0.1, 0.15) is 38.8 Å². The molecule has 2 amide bonds. The minimum absolute atomic E-state index is 0.0732. The van der Waals surface area contributed by atoms with Gasteiger partial charge >= 0.3 is 12.3 Å². The second-order valence-electron chi connectivity index (χ2n) is 7.84. The van der Waals surface area contributed by atoms with Gasteiger partial charge < -0.3 is 10.1 Å². The molecule has 1 aromatic heterocycles. The predicted octanol–water partition coefficient (Wildman–Crippen LogP) is 4.40. The molecule has 2 rings (SSSR count). The number of nitrogens with zero attached hydrogens (tertiary/aromatic N) is 3. The van der Waals surface area contributed by atoms with Crippen molar-refractivity contribution in [1.29, 1.82) is 5.26 Å². The molecule has 8 nitrogen and oxygen atoms in total. The van der Waals surface area contributed by atoms with Crippen LogP contribution in [0.15, 0.2) is 30.6 Å². The maximum atomic E-state index is 13.1. The molecule has 11 heteroatoms. The van der Waals surface area contributed by atoms with Crippen molar-refractivity contribution in [2.45, 2.75) is 46.0 Å². The summed E-state index contributed by atoms with van der Waals surface area (Å²) in [6.45, 7) is 6.86. The lowest BCUT2D eigenvalue weighted by Gasteiger charge is -2.19. The van der Waals surface area contributed by atoms with Crippen molar-refractivity contribution < 1.29 is 27.5 Å². The molecule has 0 aliphatic heterocycles. The topological polar surface area (TPSA) is 109 Å². The van der Waals surface area contributed by atoms with Gasteiger partial charge in [0.15, 0.2) is 0 Å². The highest BCUT2D eigenvalue weighted by atomic mass is 19.4. The number of aromatic nitrogens is 2. The lowest BCUT2D eigenvalue weighted by molar-refractivity contribution is -0.137. The molecule has 0 spiro atoms. The second kappa shape index (κ2) is 9.07. The Bertz CT molecular complexity index is 1000. The number of rotatable bonds is 5. The molecule has 0 fully saturated rings. The number of anilines is 2. The van der Waals surface area contributed by atoms with E-state index in [0.717, 1.165) is 12.1 Å². The summed E-state index contributed by atoms with van der Waals surface area (Å²) in [4.78, 5) is 24.2. The SMILES string of the molecule is C[C@H](Cn1cc(NC(=O)OC(C)(C)C)cn1)C(=O)Nc1ccc(C#N)c(C(F)(F)F)c1. The van der Waals surface area contributed by atoms with Gasteiger partial charge in [-0.25, -0.2) is 4.79 Å². The average Bonchev–Trinajstić information content (AvgIpc) is 3.05. The van der Waals surface area contributed by atoms with Crippen molar-refractivity contribution in [3.63, 3.8) is 0 Å². The van der Waals surface area contributed by atoms with Gasteiger partial charge in [-0.05, 0) is 39.0 Å². The Morgan fingerprint density at radius 1 is 1.23 bits per heavy atom. The van der Waals surface area contributed by atoms with E-state index >= 15 is 0 Å². The molecule has 0 unspecified atom stereocenters. The number of alkyl halides is 3. The number of hydrogen-bond donors (Lipinski definition) is 2. The molecule has 0 saturated heterocycles. The number of carbonyl (C=O) groups excluding carboxylic acids is 2. The van der Waals surface area contributed by atoms with Gasteiger partial charge in [0.05, 0.1) is 41.5 Å². The van der Waals surface area contributed by atoms with Crippen molar-refractivity contribution in [2.24, 2.45) is 5.92 Å². The fourth-order valence-corrected chi connectivity index (χ4v) is 2.53. The molecule has 1 heterocycles. The zero-order chi connectivity index (χ0) is 23.4. The van der Waals surface area contributed by atoms with Gasteiger partial charge in [0.25, 0.3) is 0 Å². The number of carbonyl (C=O) groups is 2. The van der Waals surface area contributed by atoms with Crippen LogP contribution in [-0.2, 0) is 22.3 Å². The minimum Gasteiger partial charge on any atom is -0.444 e. The fourth-order valence-electron chi connectivity index (χ4n) is 2.53. The van der Waals surface area contributed by atoms with Gasteiger partial charge in [0, 0.05) is 11.9 Å². The van der Waals surface area contributed by atoms with Gasteiger partial charge in [0.2, 0.25) is 5.91 Å². The normalized spacial score (nSPS) is 12.6. The first-order valence-electron chi connectivity index (χ1n) is 9.23. The quantitative estimate of drug-likeness (QED) is 0.721. The summed E-state index contributed by atoms with van der Waals surface area (Å²) in [7, 11) is 0. The van der Waals surface area contributed by atoms with Gasteiger partial charge in [-0.3, -0.25) is 14.8 Å². The molecule has 1 atom stereocenters. The van der Waals surface area contributed by atoms with E-state index < -0.39 is 40.8 Å². The minimum atomic E-state index is -4.72. The van der Waals surface area contributed by atoms with E-state index in [1.165, 1.54) is 29.2 Å². The van der Waals surface area contributed by atoms with E-state index in [1.54, 1.807) is 27.7 Å². The molecule has 0 radical (unpaired) electrons. The zero-order valence-electron chi connectivity index (χ0n) is 17.4. The van der Waals surface area contributed by atoms with Crippen molar-refractivity contribution in [3.8, 4) is 6.07 Å². The highest BCUT2D eigenvalue weighted by molar-refractivity contribution is 5.92. The Labute approximate surface area is 177 Å². The van der Waals surface area contributed by atoms with Crippen molar-refractivity contribution in [2.75, 3.05) is 10.6 Å². The van der Waals surface area contributed by atoms with E-state index in [4.69, 9.17) is 10.00 Å². The maximum Gasteiger partial charge on any atom is 0.417 e. The first-order chi connectivity index (χ1) is 14.3. The monoisotopic (exact) mass is 437 g/mol. The van der Waals surface area contributed by atoms with Crippen molar-refractivity contribution >= 4 is 23.4 Å². The summed E-state index contributed by atoms with van der Waals surface area (Å²) >= 11 is 0. The van der Waals surface area contributed by atoms with Crippen LogP contribution in [0.5, 0.6) is 0 Å². The highest BCUT2D eigenvalue weighted by Gasteiger charge is 2.34. The van der Waals surface area contributed by atoms with Gasteiger partial charge in [-0.1, -0.05) is 6.92 Å². The molecule has 0 aliphatic carbocycles. The van der Waals surface area contributed by atoms with E-state index in [0.29, 0.717) is 5.69 Å². The van der Waals surface area contributed by atoms with E-state index in [2.05, 4.69) is 15.7 Å². The number of nitriles is 1. The molecule has 31 heavy (non-hydrogen) atoms. The van der Waals surface area contributed by atoms with Crippen molar-refractivity contribution in [1.82, 2.24) is 9.78 Å². The summed E-state index contributed by atoms with van der Waals surface area (Å²) in [5.74, 6) is -1.19. The Balaban J connectivity index is 2.00. The van der Waals surface area contributed by atoms with E-state index in [9.17, 15) is 22.8 Å². The van der Waals surface area contributed by atoms with Crippen LogP contribution in [0.3, 0.4) is 0 Å². The van der Waals surface area contributed by atoms with Gasteiger partial charge in [-0.2, -0.15) is 23.5 Å². The fraction of sp³-hybridized carbons (Fsp3) is 0.400. The lowest BCUT2D eigenvalue weighted by atomic mass is 10.1. The molecule has 2 N–H and O–H groups in total. The number of benzene rings is 1. The van der Waals surface area contributed by atoms with E-state index in [-0.39, 0.29) is 12.2 Å². The number of ether oxygens (including phenoxy) is 1. The van der Waals surface area contributed by atoms with Crippen molar-refractivity contribution in [3.05, 3.63) is 41.7 Å². The molecule has 0 bridgehead atoms. The Hall–Kier alpha value is -3.55. The average molecular weight is 437 g/mol. The first-order valence-corrected chi connectivity index (χ1v) is 9.23. The number of hydrogen-bond acceptors (Lipinski definition) is 5. The number of halogens is 3. The Morgan fingerprint density at radius 2 is 1.90 bits per heavy atom. The number of nitrogens with one attached hydrogen (secondary N) is 2. The van der Waals surface area contributed by atoms with Crippen LogP contribution in [0, 0.1) is 17.2 Å². The highest BCUT2D eigenvalue weighted by Crippen LogP contribution is 2.33. The Morgan fingerprint density at radius 3 is 2.48 bits per heavy atom. The summed E-state index contributed by atoms with van der Waals surface area (Å²) in [6, 6.07) is 4.44. The molecule has 2 aromatic rings. The van der Waals surface area contributed by atoms with Crippen LogP contribution in [0.25, 0.3) is 0 Å². The van der Waals surface area contributed by atoms with Crippen LogP contribution in [0.4, 0.5) is 29.3 Å². The third-order valence-corrected chi connectivity index (χ3v) is 3.90. The molecule has 0 aliphatic rings. The smallest absolute Gasteiger partial charge is 0.417 e. The summed E-state index contributed by atoms with van der Waals surface area (Å²) < 4.78 is 45.8. The van der Waals surface area contributed by atoms with Crippen LogP contribution < -0.4 is 10.6 Å².